The normalized spacial score (nSPS) is 45.7. The average Bonchev–Trinajstić information content (AvgIpc) is 2.72. The van der Waals surface area contributed by atoms with Gasteiger partial charge in [-0.2, -0.15) is 0 Å². The van der Waals surface area contributed by atoms with Crippen molar-refractivity contribution >= 4 is 11.9 Å². The number of carbonyl (C=O) groups excluding carboxylic acids is 2. The summed E-state index contributed by atoms with van der Waals surface area (Å²) in [5.74, 6) is -0.959. The van der Waals surface area contributed by atoms with Gasteiger partial charge in [0.05, 0.1) is 12.6 Å². The molecule has 0 aromatic carbocycles. The Morgan fingerprint density at radius 1 is 1.25 bits per heavy atom. The first-order valence-electron chi connectivity index (χ1n) is 6.81. The predicted molar refractivity (Wildman–Crippen MR) is 64.3 cm³/mol. The average molecular weight is 283 g/mol. The van der Waals surface area contributed by atoms with E-state index in [1.165, 1.54) is 4.90 Å². The predicted octanol–water partition coefficient (Wildman–Crippen LogP) is -0.897. The minimum Gasteiger partial charge on any atom is -0.348 e. The number of hydrogen-bond donors (Lipinski definition) is 2. The SMILES string of the molecule is CC1(C)O[C@@H]2[C@H](O1)[C@H]1CN[C@H]3CC(=O)NC(=O)N3[C@@H]2O1. The van der Waals surface area contributed by atoms with E-state index >= 15 is 0 Å². The van der Waals surface area contributed by atoms with E-state index < -0.39 is 18.0 Å². The maximum Gasteiger partial charge on any atom is 0.327 e. The molecule has 5 atom stereocenters. The Morgan fingerprint density at radius 3 is 2.80 bits per heavy atom. The standard InChI is InChI=1S/C12H17N3O5/c1-12(2)19-8-5-4-13-6-3-7(16)14-11(17)15(6)10(18-5)9(8)20-12/h5-6,8-10,13H,3-4H2,1-2H3,(H,14,16,17)/t5-,6-,8-,9-,10-/m1/s1. The van der Waals surface area contributed by atoms with Gasteiger partial charge in [-0.25, -0.2) is 4.79 Å². The highest BCUT2D eigenvalue weighted by Gasteiger charge is 2.60. The van der Waals surface area contributed by atoms with Crippen LogP contribution in [-0.2, 0) is 19.0 Å². The third kappa shape index (κ3) is 1.69. The van der Waals surface area contributed by atoms with Crippen LogP contribution in [0.1, 0.15) is 20.3 Å². The summed E-state index contributed by atoms with van der Waals surface area (Å²) >= 11 is 0. The van der Waals surface area contributed by atoms with Gasteiger partial charge in [0.15, 0.2) is 12.0 Å². The van der Waals surface area contributed by atoms with Crippen LogP contribution in [0.2, 0.25) is 0 Å². The summed E-state index contributed by atoms with van der Waals surface area (Å²) in [5, 5.41) is 5.52. The van der Waals surface area contributed by atoms with Crippen LogP contribution in [0, 0.1) is 0 Å². The molecule has 110 valence electrons. The molecule has 4 saturated heterocycles. The van der Waals surface area contributed by atoms with Crippen molar-refractivity contribution in [3.63, 3.8) is 0 Å². The van der Waals surface area contributed by atoms with Gasteiger partial charge in [0, 0.05) is 6.54 Å². The highest BCUT2D eigenvalue weighted by atomic mass is 16.8. The molecule has 0 spiro atoms. The molecule has 0 aromatic heterocycles. The van der Waals surface area contributed by atoms with Crippen LogP contribution in [-0.4, -0.2) is 59.9 Å². The van der Waals surface area contributed by atoms with Crippen molar-refractivity contribution in [2.75, 3.05) is 6.54 Å². The molecule has 0 radical (unpaired) electrons. The Morgan fingerprint density at radius 2 is 2.00 bits per heavy atom. The fourth-order valence-corrected chi connectivity index (χ4v) is 3.41. The van der Waals surface area contributed by atoms with E-state index in [0.717, 1.165) is 0 Å². The summed E-state index contributed by atoms with van der Waals surface area (Å²) in [6.45, 7) is 4.23. The molecule has 0 saturated carbocycles. The molecular weight excluding hydrogens is 266 g/mol. The third-order valence-electron chi connectivity index (χ3n) is 4.15. The Hall–Kier alpha value is -1.22. The maximum absolute atomic E-state index is 12.1. The van der Waals surface area contributed by atoms with E-state index in [1.54, 1.807) is 0 Å². The minimum absolute atomic E-state index is 0.180. The maximum atomic E-state index is 12.1. The zero-order valence-corrected chi connectivity index (χ0v) is 11.3. The molecule has 0 unspecified atom stereocenters. The Labute approximate surface area is 115 Å². The molecular formula is C12H17N3O5. The van der Waals surface area contributed by atoms with Gasteiger partial charge in [-0.3, -0.25) is 20.3 Å². The number of nitrogens with one attached hydrogen (secondary N) is 2. The molecule has 4 rings (SSSR count). The van der Waals surface area contributed by atoms with Crippen molar-refractivity contribution < 1.29 is 23.8 Å². The highest BCUT2D eigenvalue weighted by molar-refractivity contribution is 5.97. The van der Waals surface area contributed by atoms with Gasteiger partial charge in [-0.05, 0) is 13.8 Å². The lowest BCUT2D eigenvalue weighted by Crippen LogP contribution is -2.65. The van der Waals surface area contributed by atoms with Crippen LogP contribution in [0.4, 0.5) is 4.79 Å². The first kappa shape index (κ1) is 12.5. The lowest BCUT2D eigenvalue weighted by atomic mass is 10.1. The van der Waals surface area contributed by atoms with Gasteiger partial charge >= 0.3 is 6.03 Å². The van der Waals surface area contributed by atoms with Crippen molar-refractivity contribution in [2.45, 2.75) is 56.8 Å². The number of urea groups is 1. The number of fused-ring (bicyclic) bond motifs is 7. The third-order valence-corrected chi connectivity index (χ3v) is 4.15. The molecule has 3 amide bonds. The zero-order chi connectivity index (χ0) is 14.1. The van der Waals surface area contributed by atoms with Crippen molar-refractivity contribution in [2.24, 2.45) is 0 Å². The number of imide groups is 1. The zero-order valence-electron chi connectivity index (χ0n) is 11.3. The van der Waals surface area contributed by atoms with Crippen molar-refractivity contribution in [3.05, 3.63) is 0 Å². The lowest BCUT2D eigenvalue weighted by Gasteiger charge is -2.39. The van der Waals surface area contributed by atoms with Crippen molar-refractivity contribution in [3.8, 4) is 0 Å². The quantitative estimate of drug-likeness (QED) is 0.599. The summed E-state index contributed by atoms with van der Waals surface area (Å²) in [6.07, 6.45) is -1.35. The fraction of sp³-hybridized carbons (Fsp3) is 0.833. The molecule has 8 heteroatoms. The summed E-state index contributed by atoms with van der Waals surface area (Å²) < 4.78 is 17.6. The first-order chi connectivity index (χ1) is 9.44. The molecule has 0 aromatic rings. The van der Waals surface area contributed by atoms with Crippen molar-refractivity contribution in [1.29, 1.82) is 0 Å². The smallest absolute Gasteiger partial charge is 0.327 e. The van der Waals surface area contributed by atoms with Gasteiger partial charge < -0.3 is 14.2 Å². The number of amides is 3. The first-order valence-corrected chi connectivity index (χ1v) is 6.81. The summed E-state index contributed by atoms with van der Waals surface area (Å²) in [7, 11) is 0. The molecule has 8 nitrogen and oxygen atoms in total. The molecule has 0 aliphatic carbocycles. The lowest BCUT2D eigenvalue weighted by molar-refractivity contribution is -0.198. The van der Waals surface area contributed by atoms with Crippen LogP contribution in [0.5, 0.6) is 0 Å². The van der Waals surface area contributed by atoms with Crippen molar-refractivity contribution in [1.82, 2.24) is 15.5 Å². The molecule has 4 aliphatic rings. The topological polar surface area (TPSA) is 89.1 Å². The summed E-state index contributed by atoms with van der Waals surface area (Å²) in [4.78, 5) is 25.1. The molecule has 4 fully saturated rings. The molecule has 4 heterocycles. The highest BCUT2D eigenvalue weighted by Crippen LogP contribution is 2.41. The minimum atomic E-state index is -0.683. The largest absolute Gasteiger partial charge is 0.348 e. The molecule has 2 bridgehead atoms. The molecule has 20 heavy (non-hydrogen) atoms. The van der Waals surface area contributed by atoms with E-state index in [0.29, 0.717) is 6.54 Å². The number of carbonyl (C=O) groups is 2. The summed E-state index contributed by atoms with van der Waals surface area (Å²) in [5.41, 5.74) is 0. The van der Waals surface area contributed by atoms with E-state index in [4.69, 9.17) is 14.2 Å². The Bertz CT molecular complexity index is 482. The molecule has 4 aliphatic heterocycles. The molecule has 2 N–H and O–H groups in total. The van der Waals surface area contributed by atoms with Crippen LogP contribution in [0.3, 0.4) is 0 Å². The van der Waals surface area contributed by atoms with Crippen LogP contribution in [0.15, 0.2) is 0 Å². The van der Waals surface area contributed by atoms with E-state index in [1.807, 2.05) is 13.8 Å². The summed E-state index contributed by atoms with van der Waals surface area (Å²) in [6, 6.07) is -0.446. The fourth-order valence-electron chi connectivity index (χ4n) is 3.41. The Balaban J connectivity index is 1.67. The van der Waals surface area contributed by atoms with Gasteiger partial charge in [-0.1, -0.05) is 0 Å². The second kappa shape index (κ2) is 3.91. The van der Waals surface area contributed by atoms with Gasteiger partial charge in [0.2, 0.25) is 5.91 Å². The number of ether oxygens (including phenoxy) is 3. The monoisotopic (exact) mass is 283 g/mol. The van der Waals surface area contributed by atoms with Crippen LogP contribution >= 0.6 is 0 Å². The van der Waals surface area contributed by atoms with E-state index in [2.05, 4.69) is 10.6 Å². The van der Waals surface area contributed by atoms with Crippen LogP contribution < -0.4 is 10.6 Å². The van der Waals surface area contributed by atoms with E-state index in [9.17, 15) is 9.59 Å². The van der Waals surface area contributed by atoms with Crippen LogP contribution in [0.25, 0.3) is 0 Å². The van der Waals surface area contributed by atoms with Gasteiger partial charge in [-0.15, -0.1) is 0 Å². The van der Waals surface area contributed by atoms with Gasteiger partial charge in [0.25, 0.3) is 0 Å². The number of hydrogen-bond acceptors (Lipinski definition) is 6. The second-order valence-electron chi connectivity index (χ2n) is 6.02. The number of nitrogens with zero attached hydrogens (tertiary/aromatic N) is 1. The van der Waals surface area contributed by atoms with Gasteiger partial charge in [0.1, 0.15) is 18.3 Å². The Kier molecular flexibility index (Phi) is 2.45. The number of rotatable bonds is 0. The second-order valence-corrected chi connectivity index (χ2v) is 6.02. The van der Waals surface area contributed by atoms with E-state index in [-0.39, 0.29) is 36.8 Å².